The molecule has 0 aliphatic carbocycles. The molecule has 10 rings (SSSR count). The Morgan fingerprint density at radius 2 is 0.843 bits per heavy atom. The topological polar surface area (TPSA) is 160 Å². The molecule has 1 fully saturated rings. The molecule has 9 aromatic rings. The number of hydrogen-bond donors (Lipinski definition) is 1. The van der Waals surface area contributed by atoms with E-state index in [1.165, 1.54) is 89.5 Å². The van der Waals surface area contributed by atoms with Crippen molar-refractivity contribution < 1.29 is 75.4 Å². The Hall–Kier alpha value is -7.53. The van der Waals surface area contributed by atoms with E-state index in [0.29, 0.717) is 6.61 Å². The summed E-state index contributed by atoms with van der Waals surface area (Å²) in [6.07, 6.45) is 25.2. The van der Waals surface area contributed by atoms with E-state index in [0.717, 1.165) is 76.9 Å². The number of ether oxygens (including phenoxy) is 2. The molecule has 16 heteroatoms. The van der Waals surface area contributed by atoms with Gasteiger partial charge in [-0.15, -0.1) is 6.58 Å². The molecule has 1 aliphatic heterocycles. The van der Waals surface area contributed by atoms with Crippen molar-refractivity contribution in [3.8, 4) is 66.8 Å². The summed E-state index contributed by atoms with van der Waals surface area (Å²) in [7, 11) is 9.55. The second-order valence-electron chi connectivity index (χ2n) is 19.6. The first-order valence-corrected chi connectivity index (χ1v) is 29.2. The number of rotatable bonds is 20. The van der Waals surface area contributed by atoms with Gasteiger partial charge in [0.2, 0.25) is 5.24 Å². The molecule has 446 valence electrons. The maximum atomic E-state index is 11.0. The molecule has 6 radical (unpaired) electrons. The van der Waals surface area contributed by atoms with Crippen LogP contribution >= 0.6 is 11.6 Å². The fraction of sp³-hybridized carbons (Fsp3) is 0.192. The van der Waals surface area contributed by atoms with Crippen molar-refractivity contribution >= 4 is 38.6 Å². The van der Waals surface area contributed by atoms with Gasteiger partial charge < -0.3 is 14.6 Å². The van der Waals surface area contributed by atoms with Gasteiger partial charge in [-0.25, -0.2) is 4.79 Å². The van der Waals surface area contributed by atoms with E-state index in [1.807, 2.05) is 79.7 Å². The van der Waals surface area contributed by atoms with Crippen LogP contribution in [0.3, 0.4) is 0 Å². The van der Waals surface area contributed by atoms with Gasteiger partial charge in [-0.3, -0.25) is 19.7 Å². The number of nitrogens with zero attached hydrogens (tertiary/aromatic N) is 6. The van der Waals surface area contributed by atoms with Gasteiger partial charge in [0.15, 0.2) is 7.98 Å². The molecule has 0 saturated carbocycles. The monoisotopic (exact) mass is 1310 g/mol. The van der Waals surface area contributed by atoms with Gasteiger partial charge >= 0.3 is 5.97 Å². The van der Waals surface area contributed by atoms with E-state index < -0.39 is 5.24 Å². The normalized spacial score (nSPS) is 11.3. The summed E-state index contributed by atoms with van der Waals surface area (Å²) in [6, 6.07) is 64.3. The molecular weight excluding hydrogens is 1240 g/mol. The zero-order valence-electron chi connectivity index (χ0n) is 50.2. The molecule has 1 unspecified atom stereocenters. The number of esters is 1. The van der Waals surface area contributed by atoms with Gasteiger partial charge in [-0.1, -0.05) is 165 Å². The van der Waals surface area contributed by atoms with Crippen LogP contribution in [0.15, 0.2) is 262 Å². The summed E-state index contributed by atoms with van der Waals surface area (Å²) < 4.78 is 9.92. The molecule has 1 aliphatic rings. The van der Waals surface area contributed by atoms with Gasteiger partial charge in [0, 0.05) is 114 Å². The van der Waals surface area contributed by atoms with Gasteiger partial charge in [-0.05, 0) is 212 Å². The quantitative estimate of drug-likeness (QED) is 0.00908. The Kier molecular flexibility index (Phi) is 38.9. The van der Waals surface area contributed by atoms with Crippen LogP contribution in [0.2, 0.25) is 0 Å². The summed E-state index contributed by atoms with van der Waals surface area (Å²) in [5.41, 5.74) is 25.7. The Labute approximate surface area is 570 Å². The van der Waals surface area contributed by atoms with E-state index >= 15 is 0 Å². The smallest absolute Gasteiger partial charge is 0.330 e. The second kappa shape index (κ2) is 45.7. The number of aromatic nitrogens is 3. The third-order valence-corrected chi connectivity index (χ3v) is 13.7. The number of aliphatic hydroxyl groups is 1. The van der Waals surface area contributed by atoms with Crippen LogP contribution < -0.4 is 0 Å². The largest absolute Gasteiger partial charge is 0.463 e. The van der Waals surface area contributed by atoms with Crippen molar-refractivity contribution in [3.05, 3.63) is 284 Å². The van der Waals surface area contributed by atoms with Crippen LogP contribution in [0.5, 0.6) is 0 Å². The summed E-state index contributed by atoms with van der Waals surface area (Å²) >= 11 is 4.71. The zero-order chi connectivity index (χ0) is 62.1. The average molecular weight is 1310 g/mol. The molecule has 0 spiro atoms. The molecule has 0 bridgehead atoms. The molecule has 0 amide bonds. The third-order valence-electron chi connectivity index (χ3n) is 13.5. The molecule has 1 atom stereocenters. The summed E-state index contributed by atoms with van der Waals surface area (Å²) in [5, 5.41) is 10.7. The number of aliphatic hydroxyl groups excluding tert-OH is 1. The predicted molar refractivity (Wildman–Crippen MR) is 359 cm³/mol. The molecule has 1 N–H and O–H groups in total. The summed E-state index contributed by atoms with van der Waals surface area (Å²) in [6.45, 7) is 11.8. The molecule has 4 heterocycles. The van der Waals surface area contributed by atoms with Crippen LogP contribution in [0, 0.1) is 0 Å². The number of allylic oxidation sites excluding steroid dienone is 2. The van der Waals surface area contributed by atoms with Crippen LogP contribution in [-0.2, 0) is 89.6 Å². The summed E-state index contributed by atoms with van der Waals surface area (Å²) in [4.78, 5) is 34.8. The van der Waals surface area contributed by atoms with Crippen molar-refractivity contribution in [3.63, 3.8) is 0 Å². The van der Waals surface area contributed by atoms with Crippen LogP contribution in [0.4, 0.5) is 0 Å². The van der Waals surface area contributed by atoms with Crippen molar-refractivity contribution in [2.45, 2.75) is 70.2 Å². The van der Waals surface area contributed by atoms with Crippen molar-refractivity contribution in [1.29, 1.82) is 0 Å². The van der Waals surface area contributed by atoms with Gasteiger partial charge in [0.1, 0.15) is 7.85 Å². The van der Waals surface area contributed by atoms with Crippen molar-refractivity contribution in [2.75, 3.05) is 19.8 Å². The number of carbonyl (C=O) groups excluding carboxylic acids is 2. The number of hydrogen-bond acceptors (Lipinski definition) is 9. The fourth-order valence-corrected chi connectivity index (χ4v) is 8.77. The van der Waals surface area contributed by atoms with E-state index in [1.54, 1.807) is 0 Å². The Morgan fingerprint density at radius 1 is 0.551 bits per heavy atom. The number of benzene rings is 6. The number of azide groups is 1. The standard InChI is InChI=1S/C24H23NO2.C21H21NO.C21H19N.C4H7BO.C3H3ClO.BN3.V.Y/c1-2-24(26)27-18-4-3-5-19-6-8-20(9-7-19)21-10-12-22(13-11-21)23-14-16-25-17-15-23;23-16-2-1-3-17-4-6-18(7-5-17)19-8-10-20(11-9-19)21-12-14-22-15-13-21;1-2-3-4-17-5-7-18(8-6-17)19-9-11-20(12-10-19)21-13-15-22-16-14-21;5-4-2-1-3-6-4;1-2-3(4)5;1-3-4-2;;/h2,6-17H,1,3-5,18H2;4-15,23H,1-3,16H2;2,5-16H,1,3-4H2;4H,1-3H2;2H,1H2;;;. The van der Waals surface area contributed by atoms with Gasteiger partial charge in [0.05, 0.1) is 6.61 Å². The first kappa shape index (κ1) is 75.7. The first-order valence-electron chi connectivity index (χ1n) is 28.8. The number of pyridine rings is 3. The van der Waals surface area contributed by atoms with Crippen LogP contribution in [0.1, 0.15) is 61.6 Å². The maximum Gasteiger partial charge on any atom is 0.330 e. The Morgan fingerprint density at radius 3 is 1.08 bits per heavy atom. The van der Waals surface area contributed by atoms with E-state index in [-0.39, 0.29) is 69.8 Å². The van der Waals surface area contributed by atoms with Gasteiger partial charge in [0.25, 0.3) is 0 Å². The molecular formula is C73H73B2ClN6O5VY. The van der Waals surface area contributed by atoms with E-state index in [9.17, 15) is 9.59 Å². The van der Waals surface area contributed by atoms with E-state index in [4.69, 9.17) is 39.6 Å². The number of unbranched alkanes of at least 4 members (excludes halogenated alkanes) is 2. The molecule has 1 saturated heterocycles. The first-order chi connectivity index (χ1) is 42.6. The molecule has 3 aromatic heterocycles. The fourth-order valence-electron chi connectivity index (χ4n) is 8.77. The SMILES string of the molecule is C=CC(=O)Cl.C=CC(=O)OCCCCc1ccc(-c2ccc(-c3ccncc3)cc2)cc1.C=CCCc1ccc(-c2ccc(-c3ccncc3)cc2)cc1.OCCCCc1ccc(-c2ccc(-c3ccncc3)cc2)cc1.[B]C1CCCO1.[B]N=[N+]=[N-].[V].[Y]. The van der Waals surface area contributed by atoms with Gasteiger partial charge in [-0.2, -0.15) is 5.03 Å². The second-order valence-corrected chi connectivity index (χ2v) is 20.0. The van der Waals surface area contributed by atoms with Crippen LogP contribution in [0.25, 0.3) is 77.2 Å². The van der Waals surface area contributed by atoms with Crippen molar-refractivity contribution in [1.82, 2.24) is 15.0 Å². The maximum absolute atomic E-state index is 11.0. The molecule has 11 nitrogen and oxygen atoms in total. The summed E-state index contributed by atoms with van der Waals surface area (Å²) in [5.74, 6) is -0.352. The minimum atomic E-state index is -0.509. The molecule has 89 heavy (non-hydrogen) atoms. The van der Waals surface area contributed by atoms with Crippen molar-refractivity contribution in [2.24, 2.45) is 5.03 Å². The number of carbonyl (C=O) groups is 2. The third kappa shape index (κ3) is 29.6. The minimum absolute atomic E-state index is 0. The number of aryl methyl sites for hydroxylation is 3. The zero-order valence-corrected chi connectivity index (χ0v) is 55.2. The Bertz CT molecular complexity index is 3460. The predicted octanol–water partition coefficient (Wildman–Crippen LogP) is 17.3. The van der Waals surface area contributed by atoms with Crippen LogP contribution in [-0.4, -0.2) is 72.9 Å². The minimum Gasteiger partial charge on any atom is -0.463 e. The number of halogens is 1. The molecule has 6 aromatic carbocycles. The van der Waals surface area contributed by atoms with E-state index in [2.05, 4.69) is 198 Å². The Balaban J connectivity index is 0.000000309. The average Bonchev–Trinajstić information content (AvgIpc) is 4.27.